The fourth-order valence-corrected chi connectivity index (χ4v) is 5.40. The second-order valence-electron chi connectivity index (χ2n) is 8.33. The molecular formula is C20H25FN3O7PS. The van der Waals surface area contributed by atoms with Gasteiger partial charge in [-0.1, -0.05) is 19.1 Å². The third kappa shape index (κ3) is 5.52. The highest BCUT2D eigenvalue weighted by Gasteiger charge is 2.36. The number of hydrogen-bond acceptors (Lipinski definition) is 7. The number of anilines is 1. The molecule has 2 atom stereocenters. The number of benzene rings is 1. The van der Waals surface area contributed by atoms with Gasteiger partial charge in [0.2, 0.25) is 0 Å². The first-order chi connectivity index (χ1) is 15.5. The number of halogens is 1. The zero-order chi connectivity index (χ0) is 23.8. The van der Waals surface area contributed by atoms with Gasteiger partial charge in [-0.15, -0.1) is 0 Å². The van der Waals surface area contributed by atoms with Crippen LogP contribution in [0, 0.1) is 5.82 Å². The number of phosphoric ester groups is 1. The van der Waals surface area contributed by atoms with E-state index in [1.165, 1.54) is 11.0 Å². The molecule has 0 bridgehead atoms. The summed E-state index contributed by atoms with van der Waals surface area (Å²) in [7, 11) is -5.46. The first-order valence-corrected chi connectivity index (χ1v) is 13.4. The predicted molar refractivity (Wildman–Crippen MR) is 120 cm³/mol. The Bertz CT molecular complexity index is 1070. The highest BCUT2D eigenvalue weighted by Crippen LogP contribution is 2.37. The van der Waals surface area contributed by atoms with Crippen molar-refractivity contribution in [1.82, 2.24) is 4.90 Å². The zero-order valence-electron chi connectivity index (χ0n) is 17.9. The first-order valence-electron chi connectivity index (χ1n) is 10.4. The molecule has 33 heavy (non-hydrogen) atoms. The minimum Gasteiger partial charge on any atom is -0.441 e. The quantitative estimate of drug-likeness (QED) is 0.582. The molecule has 1 aromatic carbocycles. The number of hydrogen-bond donors (Lipinski definition) is 2. The van der Waals surface area contributed by atoms with Crippen LogP contribution >= 0.6 is 7.82 Å². The second-order valence-corrected chi connectivity index (χ2v) is 11.3. The van der Waals surface area contributed by atoms with E-state index in [-0.39, 0.29) is 12.2 Å². The molecule has 0 aromatic heterocycles. The van der Waals surface area contributed by atoms with Gasteiger partial charge in [0, 0.05) is 40.8 Å². The lowest BCUT2D eigenvalue weighted by molar-refractivity contribution is 0.0880. The van der Waals surface area contributed by atoms with E-state index in [4.69, 9.17) is 14.5 Å². The van der Waals surface area contributed by atoms with Crippen LogP contribution in [0.15, 0.2) is 35.3 Å². The minimum absolute atomic E-state index is 0.0247. The summed E-state index contributed by atoms with van der Waals surface area (Å²) in [4.78, 5) is 37.7. The van der Waals surface area contributed by atoms with Crippen molar-refractivity contribution in [3.05, 3.63) is 41.7 Å². The van der Waals surface area contributed by atoms with E-state index in [1.807, 2.05) is 19.1 Å². The third-order valence-corrected chi connectivity index (χ3v) is 7.62. The Kier molecular flexibility index (Phi) is 6.75. The lowest BCUT2D eigenvalue weighted by Gasteiger charge is -2.33. The smallest absolute Gasteiger partial charge is 0.441 e. The number of cyclic esters (lactones) is 1. The number of carbonyl (C=O) groups is 1. The molecule has 13 heteroatoms. The van der Waals surface area contributed by atoms with Crippen LogP contribution in [-0.2, 0) is 30.0 Å². The number of nitrogens with zero attached hydrogens (tertiary/aromatic N) is 3. The maximum Gasteiger partial charge on any atom is 0.469 e. The van der Waals surface area contributed by atoms with E-state index >= 15 is 4.39 Å². The van der Waals surface area contributed by atoms with Gasteiger partial charge in [-0.3, -0.25) is 18.6 Å². The fourth-order valence-electron chi connectivity index (χ4n) is 3.99. The van der Waals surface area contributed by atoms with Crippen molar-refractivity contribution in [2.75, 3.05) is 49.2 Å². The third-order valence-electron chi connectivity index (χ3n) is 5.85. The fraction of sp³-hybridized carbons (Fsp3) is 0.500. The Morgan fingerprint density at radius 2 is 2.09 bits per heavy atom. The highest BCUT2D eigenvalue weighted by atomic mass is 32.2. The van der Waals surface area contributed by atoms with E-state index < -0.39 is 48.7 Å². The minimum atomic E-state index is -4.69. The van der Waals surface area contributed by atoms with Crippen LogP contribution < -0.4 is 4.90 Å². The molecule has 4 rings (SSSR count). The summed E-state index contributed by atoms with van der Waals surface area (Å²) in [6.45, 7) is 3.10. The van der Waals surface area contributed by atoms with Crippen LogP contribution in [0.3, 0.4) is 0 Å². The van der Waals surface area contributed by atoms with Gasteiger partial charge in [0.05, 0.1) is 25.4 Å². The average Bonchev–Trinajstić information content (AvgIpc) is 3.13. The van der Waals surface area contributed by atoms with Crippen molar-refractivity contribution in [1.29, 1.82) is 0 Å². The molecule has 2 saturated heterocycles. The predicted octanol–water partition coefficient (Wildman–Crippen LogP) is 1.55. The summed E-state index contributed by atoms with van der Waals surface area (Å²) in [5.41, 5.74) is 0.0311. The topological polar surface area (TPSA) is 129 Å². The molecule has 0 aliphatic carbocycles. The van der Waals surface area contributed by atoms with Gasteiger partial charge >= 0.3 is 13.9 Å². The number of rotatable bonds is 5. The Labute approximate surface area is 192 Å². The van der Waals surface area contributed by atoms with Crippen molar-refractivity contribution in [3.63, 3.8) is 0 Å². The van der Waals surface area contributed by atoms with E-state index in [2.05, 4.69) is 14.4 Å². The number of ether oxygens (including phenoxy) is 1. The first kappa shape index (κ1) is 24.0. The van der Waals surface area contributed by atoms with Gasteiger partial charge in [-0.2, -0.15) is 0 Å². The Balaban J connectivity index is 1.44. The summed E-state index contributed by atoms with van der Waals surface area (Å²) < 4.78 is 47.0. The number of amidine groups is 1. The normalized spacial score (nSPS) is 26.5. The molecule has 1 unspecified atom stereocenters. The summed E-state index contributed by atoms with van der Waals surface area (Å²) in [5, 5.41) is 0. The van der Waals surface area contributed by atoms with Gasteiger partial charge in [0.1, 0.15) is 17.8 Å². The number of amides is 1. The van der Waals surface area contributed by atoms with E-state index in [1.54, 1.807) is 12.1 Å². The molecule has 180 valence electrons. The molecule has 1 amide bonds. The van der Waals surface area contributed by atoms with Crippen LogP contribution in [0.25, 0.3) is 0 Å². The summed E-state index contributed by atoms with van der Waals surface area (Å²) in [5.74, 6) is 1.54. The molecule has 3 heterocycles. The molecule has 3 aliphatic rings. The Morgan fingerprint density at radius 1 is 1.36 bits per heavy atom. The van der Waals surface area contributed by atoms with Gasteiger partial charge in [-0.25, -0.2) is 13.8 Å². The SMILES string of the molecule is CC1(c2ccc(N3C[C@H](COP(=O)(O)O)OC3=O)cc2F)C=CC(N2CCS(=O)CC2)=NC1. The average molecular weight is 501 g/mol. The van der Waals surface area contributed by atoms with Crippen LogP contribution in [0.4, 0.5) is 14.9 Å². The second kappa shape index (κ2) is 9.27. The summed E-state index contributed by atoms with van der Waals surface area (Å²) >= 11 is 0. The maximum absolute atomic E-state index is 15.1. The molecule has 0 radical (unpaired) electrons. The number of carbonyl (C=O) groups excluding carboxylic acids is 1. The van der Waals surface area contributed by atoms with Crippen molar-refractivity contribution < 1.29 is 37.0 Å². The van der Waals surface area contributed by atoms with Gasteiger partial charge in [-0.05, 0) is 23.8 Å². The molecule has 10 nitrogen and oxygen atoms in total. The largest absolute Gasteiger partial charge is 0.469 e. The molecule has 1 aromatic rings. The van der Waals surface area contributed by atoms with Gasteiger partial charge in [0.25, 0.3) is 0 Å². The standard InChI is InChI=1S/C20H25FN3O7PS/c1-20(5-4-18(22-13-20)23-6-8-33(29)9-7-23)16-3-2-14(10-17(16)21)24-11-15(31-19(24)25)12-30-32(26,27)28/h2-5,10,15H,6-9,11-13H2,1H3,(H2,26,27,28)/t15-,20?/m1/s1. The molecule has 2 fully saturated rings. The van der Waals surface area contributed by atoms with Crippen LogP contribution in [0.2, 0.25) is 0 Å². The Morgan fingerprint density at radius 3 is 2.70 bits per heavy atom. The van der Waals surface area contributed by atoms with Crippen LogP contribution in [-0.4, -0.2) is 81.2 Å². The molecule has 2 N–H and O–H groups in total. The number of aliphatic imine (C=N–C) groups is 1. The zero-order valence-corrected chi connectivity index (χ0v) is 19.6. The molecule has 3 aliphatic heterocycles. The van der Waals surface area contributed by atoms with Crippen molar-refractivity contribution in [3.8, 4) is 0 Å². The van der Waals surface area contributed by atoms with Crippen LogP contribution in [0.1, 0.15) is 12.5 Å². The highest BCUT2D eigenvalue weighted by molar-refractivity contribution is 7.85. The van der Waals surface area contributed by atoms with E-state index in [0.717, 1.165) is 5.84 Å². The summed E-state index contributed by atoms with van der Waals surface area (Å²) in [6.07, 6.45) is 2.15. The van der Waals surface area contributed by atoms with Crippen molar-refractivity contribution in [2.45, 2.75) is 18.4 Å². The monoisotopic (exact) mass is 501 g/mol. The number of phosphoric acid groups is 1. The molecule has 0 saturated carbocycles. The summed E-state index contributed by atoms with van der Waals surface area (Å²) in [6, 6.07) is 4.44. The molecular weight excluding hydrogens is 476 g/mol. The van der Waals surface area contributed by atoms with Gasteiger partial charge in [0.15, 0.2) is 0 Å². The van der Waals surface area contributed by atoms with Crippen molar-refractivity contribution >= 4 is 36.2 Å². The number of dihydropyridines is 1. The van der Waals surface area contributed by atoms with Gasteiger partial charge < -0.3 is 19.4 Å². The molecule has 0 spiro atoms. The van der Waals surface area contributed by atoms with E-state index in [9.17, 15) is 13.6 Å². The maximum atomic E-state index is 15.1. The van der Waals surface area contributed by atoms with Crippen LogP contribution in [0.5, 0.6) is 0 Å². The Hall–Kier alpha value is -2.11. The lowest BCUT2D eigenvalue weighted by atomic mass is 9.80. The lowest BCUT2D eigenvalue weighted by Crippen LogP contribution is -2.43. The van der Waals surface area contributed by atoms with E-state index in [0.29, 0.717) is 36.7 Å². The van der Waals surface area contributed by atoms with Crippen molar-refractivity contribution in [2.24, 2.45) is 4.99 Å².